The Labute approximate surface area is 192 Å². The molecule has 0 bridgehead atoms. The predicted octanol–water partition coefficient (Wildman–Crippen LogP) is 4.67. The van der Waals surface area contributed by atoms with Crippen molar-refractivity contribution < 1.29 is 18.4 Å². The number of carbonyl (C=O) groups is 2. The number of hydrogen-bond acceptors (Lipinski definition) is 5. The topological polar surface area (TPSA) is 74.1 Å². The lowest BCUT2D eigenvalue weighted by Crippen LogP contribution is -2.40. The second-order valence-electron chi connectivity index (χ2n) is 7.31. The summed E-state index contributed by atoms with van der Waals surface area (Å²) >= 11 is 1.04. The van der Waals surface area contributed by atoms with Gasteiger partial charge in [0.2, 0.25) is 5.91 Å². The number of halogens is 2. The van der Waals surface area contributed by atoms with Crippen molar-refractivity contribution >= 4 is 46.0 Å². The highest BCUT2D eigenvalue weighted by Gasteiger charge is 2.42. The summed E-state index contributed by atoms with van der Waals surface area (Å²) in [5.74, 6) is -2.04. The molecule has 3 aromatic rings. The molecule has 6 nitrogen and oxygen atoms in total. The van der Waals surface area contributed by atoms with Crippen molar-refractivity contribution in [1.82, 2.24) is 4.90 Å². The highest BCUT2D eigenvalue weighted by Crippen LogP contribution is 2.37. The van der Waals surface area contributed by atoms with E-state index in [0.717, 1.165) is 35.0 Å². The molecule has 0 spiro atoms. The van der Waals surface area contributed by atoms with Crippen LogP contribution in [0.4, 0.5) is 20.2 Å². The van der Waals surface area contributed by atoms with E-state index >= 15 is 0 Å². The fraction of sp³-hybridized carbons (Fsp3) is 0.0833. The summed E-state index contributed by atoms with van der Waals surface area (Å²) in [7, 11) is 0. The Kier molecular flexibility index (Phi) is 5.47. The van der Waals surface area contributed by atoms with Crippen molar-refractivity contribution in [1.29, 1.82) is 0 Å². The SMILES string of the molecule is O=C(CSC1=Nc2ccccc2C2=N[C@@H](c3ccccc3)C(=O)N12)Nc1ccc(F)cc1F. The standard InChI is InChI=1S/C24H16F2N4O2S/c25-15-10-11-19(17(26)12-15)27-20(31)13-33-24-28-18-9-5-4-8-16(18)22-29-21(23(32)30(22)24)14-6-2-1-3-7-14/h1-12,21H,13H2,(H,27,31)/t21-/m0/s1. The van der Waals surface area contributed by atoms with E-state index in [1.165, 1.54) is 4.90 Å². The first-order chi connectivity index (χ1) is 16.0. The van der Waals surface area contributed by atoms with Crippen molar-refractivity contribution in [3.8, 4) is 0 Å². The fourth-order valence-corrected chi connectivity index (χ4v) is 4.41. The van der Waals surface area contributed by atoms with Crippen LogP contribution in [0, 0.1) is 11.6 Å². The molecule has 3 aromatic carbocycles. The highest BCUT2D eigenvalue weighted by molar-refractivity contribution is 8.14. The van der Waals surface area contributed by atoms with Crippen LogP contribution in [0.25, 0.3) is 0 Å². The number of para-hydroxylation sites is 1. The van der Waals surface area contributed by atoms with Gasteiger partial charge in [0, 0.05) is 11.6 Å². The minimum atomic E-state index is -0.868. The smallest absolute Gasteiger partial charge is 0.263 e. The first-order valence-electron chi connectivity index (χ1n) is 10.0. The second-order valence-corrected chi connectivity index (χ2v) is 8.25. The van der Waals surface area contributed by atoms with Crippen LogP contribution in [0.5, 0.6) is 0 Å². The molecule has 1 atom stereocenters. The number of nitrogens with one attached hydrogen (secondary N) is 1. The number of hydrogen-bond donors (Lipinski definition) is 1. The third-order valence-corrected chi connectivity index (χ3v) is 6.06. The lowest BCUT2D eigenvalue weighted by molar-refractivity contribution is -0.124. The summed E-state index contributed by atoms with van der Waals surface area (Å²) in [6.45, 7) is 0. The van der Waals surface area contributed by atoms with E-state index < -0.39 is 23.6 Å². The first kappa shape index (κ1) is 21.0. The van der Waals surface area contributed by atoms with Gasteiger partial charge in [-0.2, -0.15) is 0 Å². The normalized spacial score (nSPS) is 16.6. The van der Waals surface area contributed by atoms with Crippen molar-refractivity contribution in [3.63, 3.8) is 0 Å². The van der Waals surface area contributed by atoms with E-state index in [-0.39, 0.29) is 17.3 Å². The van der Waals surface area contributed by atoms with E-state index in [0.29, 0.717) is 22.8 Å². The molecule has 5 rings (SSSR count). The molecule has 33 heavy (non-hydrogen) atoms. The monoisotopic (exact) mass is 462 g/mol. The minimum Gasteiger partial charge on any atom is -0.323 e. The third-order valence-electron chi connectivity index (χ3n) is 5.12. The van der Waals surface area contributed by atoms with Gasteiger partial charge in [0.1, 0.15) is 17.5 Å². The number of amides is 2. The number of rotatable bonds is 4. The lowest BCUT2D eigenvalue weighted by Gasteiger charge is -2.25. The van der Waals surface area contributed by atoms with Gasteiger partial charge in [0.15, 0.2) is 11.2 Å². The van der Waals surface area contributed by atoms with Crippen molar-refractivity contribution in [2.75, 3.05) is 11.1 Å². The number of thioether (sulfide) groups is 1. The number of anilines is 1. The number of amidine groups is 2. The van der Waals surface area contributed by atoms with Gasteiger partial charge in [-0.25, -0.2) is 23.7 Å². The molecule has 164 valence electrons. The van der Waals surface area contributed by atoms with Crippen LogP contribution in [0.2, 0.25) is 0 Å². The molecule has 0 saturated carbocycles. The van der Waals surface area contributed by atoms with E-state index in [4.69, 9.17) is 0 Å². The van der Waals surface area contributed by atoms with Crippen LogP contribution >= 0.6 is 11.8 Å². The zero-order valence-corrected chi connectivity index (χ0v) is 17.9. The quantitative estimate of drug-likeness (QED) is 0.613. The van der Waals surface area contributed by atoms with E-state index in [2.05, 4.69) is 15.3 Å². The average molecular weight is 462 g/mol. The number of benzene rings is 3. The molecule has 0 saturated heterocycles. The van der Waals surface area contributed by atoms with Crippen LogP contribution in [-0.2, 0) is 9.59 Å². The van der Waals surface area contributed by atoms with E-state index in [1.807, 2.05) is 54.6 Å². The number of carbonyl (C=O) groups excluding carboxylic acids is 2. The van der Waals surface area contributed by atoms with Gasteiger partial charge in [0.05, 0.1) is 17.1 Å². The molecular formula is C24H16F2N4O2S. The van der Waals surface area contributed by atoms with Crippen molar-refractivity contribution in [2.24, 2.45) is 9.98 Å². The maximum atomic E-state index is 13.8. The predicted molar refractivity (Wildman–Crippen MR) is 124 cm³/mol. The maximum absolute atomic E-state index is 13.8. The maximum Gasteiger partial charge on any atom is 0.263 e. The second kappa shape index (κ2) is 8.59. The molecule has 0 fully saturated rings. The first-order valence-corrected chi connectivity index (χ1v) is 11.0. The van der Waals surface area contributed by atoms with Gasteiger partial charge in [0.25, 0.3) is 5.91 Å². The Bertz CT molecular complexity index is 1330. The van der Waals surface area contributed by atoms with E-state index in [9.17, 15) is 18.4 Å². The summed E-state index contributed by atoms with van der Waals surface area (Å²) < 4.78 is 26.9. The van der Waals surface area contributed by atoms with Gasteiger partial charge in [-0.05, 0) is 29.8 Å². The third kappa shape index (κ3) is 4.03. The summed E-state index contributed by atoms with van der Waals surface area (Å²) in [5.41, 5.74) is 2.00. The molecular weight excluding hydrogens is 446 g/mol. The average Bonchev–Trinajstić information content (AvgIpc) is 3.17. The van der Waals surface area contributed by atoms with Gasteiger partial charge in [-0.3, -0.25) is 9.59 Å². The molecule has 0 unspecified atom stereocenters. The van der Waals surface area contributed by atoms with Crippen molar-refractivity contribution in [2.45, 2.75) is 6.04 Å². The Hall–Kier alpha value is -3.85. The summed E-state index contributed by atoms with van der Waals surface area (Å²) in [5, 5.41) is 2.72. The number of aliphatic imine (C=N–C) groups is 2. The van der Waals surface area contributed by atoms with Crippen LogP contribution in [0.3, 0.4) is 0 Å². The molecule has 9 heteroatoms. The van der Waals surface area contributed by atoms with Crippen LogP contribution in [0.1, 0.15) is 17.2 Å². The van der Waals surface area contributed by atoms with Crippen LogP contribution in [0.15, 0.2) is 82.8 Å². The highest BCUT2D eigenvalue weighted by atomic mass is 32.2. The molecule has 1 N–H and O–H groups in total. The van der Waals surface area contributed by atoms with Crippen molar-refractivity contribution in [3.05, 3.63) is 95.6 Å². The molecule has 2 amide bonds. The molecule has 2 aliphatic rings. The number of fused-ring (bicyclic) bond motifs is 3. The molecule has 2 heterocycles. The number of nitrogens with zero attached hydrogens (tertiary/aromatic N) is 3. The van der Waals surface area contributed by atoms with Gasteiger partial charge >= 0.3 is 0 Å². The Morgan fingerprint density at radius 1 is 1.03 bits per heavy atom. The Morgan fingerprint density at radius 2 is 1.79 bits per heavy atom. The molecule has 0 radical (unpaired) electrons. The zero-order valence-electron chi connectivity index (χ0n) is 17.0. The largest absolute Gasteiger partial charge is 0.323 e. The lowest BCUT2D eigenvalue weighted by atomic mass is 10.1. The zero-order chi connectivity index (χ0) is 22.9. The van der Waals surface area contributed by atoms with Crippen LogP contribution in [-0.4, -0.2) is 33.5 Å². The fourth-order valence-electron chi connectivity index (χ4n) is 3.61. The van der Waals surface area contributed by atoms with Crippen LogP contribution < -0.4 is 5.32 Å². The Morgan fingerprint density at radius 3 is 2.58 bits per heavy atom. The summed E-state index contributed by atoms with van der Waals surface area (Å²) in [6.07, 6.45) is 0. The van der Waals surface area contributed by atoms with Gasteiger partial charge < -0.3 is 5.32 Å². The molecule has 2 aliphatic heterocycles. The minimum absolute atomic E-state index is 0.124. The molecule has 0 aromatic heterocycles. The van der Waals surface area contributed by atoms with Gasteiger partial charge in [-0.15, -0.1) is 0 Å². The van der Waals surface area contributed by atoms with Gasteiger partial charge in [-0.1, -0.05) is 54.2 Å². The summed E-state index contributed by atoms with van der Waals surface area (Å²) in [6, 6.07) is 18.8. The molecule has 0 aliphatic carbocycles. The Balaban J connectivity index is 1.40. The van der Waals surface area contributed by atoms with E-state index in [1.54, 1.807) is 0 Å². The summed E-state index contributed by atoms with van der Waals surface area (Å²) in [4.78, 5) is 36.4.